The van der Waals surface area contributed by atoms with E-state index in [4.69, 9.17) is 0 Å². The molecule has 23 heavy (non-hydrogen) atoms. The van der Waals surface area contributed by atoms with Crippen LogP contribution in [0.2, 0.25) is 0 Å². The molecule has 2 aromatic rings. The standard InChI is InChI=1S/C18H22N2O2S/c1-17(2)11-20(12-18(17,3)22)16(21)14-10-23-15(19-14)9-13-7-5-4-6-8-13/h4-8,10,22H,9,11-12H2,1-3H3. The highest BCUT2D eigenvalue weighted by molar-refractivity contribution is 7.09. The summed E-state index contributed by atoms with van der Waals surface area (Å²) in [5.74, 6) is -0.0913. The maximum absolute atomic E-state index is 12.6. The molecule has 122 valence electrons. The number of carbonyl (C=O) groups excluding carboxylic acids is 1. The van der Waals surface area contributed by atoms with Gasteiger partial charge in [0.25, 0.3) is 5.91 Å². The van der Waals surface area contributed by atoms with Gasteiger partial charge in [0.05, 0.1) is 17.2 Å². The highest BCUT2D eigenvalue weighted by Crippen LogP contribution is 2.38. The van der Waals surface area contributed by atoms with E-state index in [0.29, 0.717) is 18.8 Å². The fourth-order valence-corrected chi connectivity index (χ4v) is 3.66. The Labute approximate surface area is 140 Å². The summed E-state index contributed by atoms with van der Waals surface area (Å²) in [6.07, 6.45) is 0.738. The van der Waals surface area contributed by atoms with Gasteiger partial charge in [0, 0.05) is 23.8 Å². The van der Waals surface area contributed by atoms with Crippen LogP contribution in [-0.2, 0) is 6.42 Å². The molecule has 1 atom stereocenters. The molecule has 1 aliphatic heterocycles. The predicted octanol–water partition coefficient (Wildman–Crippen LogP) is 2.97. The molecule has 5 heteroatoms. The lowest BCUT2D eigenvalue weighted by atomic mass is 9.79. The van der Waals surface area contributed by atoms with Gasteiger partial charge >= 0.3 is 0 Å². The summed E-state index contributed by atoms with van der Waals surface area (Å²) >= 11 is 1.51. The van der Waals surface area contributed by atoms with Crippen molar-refractivity contribution in [3.63, 3.8) is 0 Å². The highest BCUT2D eigenvalue weighted by atomic mass is 32.1. The average Bonchev–Trinajstić information content (AvgIpc) is 3.02. The number of rotatable bonds is 3. The number of benzene rings is 1. The topological polar surface area (TPSA) is 53.4 Å². The lowest BCUT2D eigenvalue weighted by Gasteiger charge is -2.30. The van der Waals surface area contributed by atoms with Crippen molar-refractivity contribution in [1.29, 1.82) is 0 Å². The van der Waals surface area contributed by atoms with E-state index in [-0.39, 0.29) is 11.3 Å². The molecule has 1 saturated heterocycles. The molecule has 3 rings (SSSR count). The van der Waals surface area contributed by atoms with E-state index in [1.807, 2.05) is 37.4 Å². The van der Waals surface area contributed by atoms with Crippen LogP contribution in [0.3, 0.4) is 0 Å². The number of hydrogen-bond acceptors (Lipinski definition) is 4. The summed E-state index contributed by atoms with van der Waals surface area (Å²) in [6, 6.07) is 10.1. The molecule has 0 bridgehead atoms. The molecule has 0 spiro atoms. The molecule has 2 heterocycles. The van der Waals surface area contributed by atoms with Crippen LogP contribution < -0.4 is 0 Å². The molecular weight excluding hydrogens is 308 g/mol. The predicted molar refractivity (Wildman–Crippen MR) is 91.7 cm³/mol. The minimum atomic E-state index is -0.869. The van der Waals surface area contributed by atoms with E-state index < -0.39 is 5.60 Å². The number of carbonyl (C=O) groups is 1. The van der Waals surface area contributed by atoms with Crippen LogP contribution in [-0.4, -0.2) is 39.6 Å². The number of aliphatic hydroxyl groups is 1. The van der Waals surface area contributed by atoms with Crippen LogP contribution in [0.5, 0.6) is 0 Å². The number of nitrogens with zero attached hydrogens (tertiary/aromatic N) is 2. The first-order valence-electron chi connectivity index (χ1n) is 7.78. The minimum Gasteiger partial charge on any atom is -0.388 e. The van der Waals surface area contributed by atoms with Crippen LogP contribution in [0.4, 0.5) is 0 Å². The Morgan fingerprint density at radius 2 is 1.96 bits per heavy atom. The normalized spacial score (nSPS) is 23.2. The molecule has 0 radical (unpaired) electrons. The van der Waals surface area contributed by atoms with Crippen molar-refractivity contribution in [3.05, 3.63) is 52.0 Å². The molecule has 0 aliphatic carbocycles. The third-order valence-electron chi connectivity index (χ3n) is 4.80. The van der Waals surface area contributed by atoms with Gasteiger partial charge in [0.2, 0.25) is 0 Å². The van der Waals surface area contributed by atoms with Gasteiger partial charge in [-0.15, -0.1) is 11.3 Å². The number of thiazole rings is 1. The quantitative estimate of drug-likeness (QED) is 0.941. The largest absolute Gasteiger partial charge is 0.388 e. The van der Waals surface area contributed by atoms with Gasteiger partial charge in [0.1, 0.15) is 5.69 Å². The van der Waals surface area contributed by atoms with E-state index in [2.05, 4.69) is 17.1 Å². The van der Waals surface area contributed by atoms with Crippen molar-refractivity contribution in [2.45, 2.75) is 32.8 Å². The second-order valence-corrected chi connectivity index (χ2v) is 8.05. The fourth-order valence-electron chi connectivity index (χ4n) is 2.86. The summed E-state index contributed by atoms with van der Waals surface area (Å²) in [6.45, 7) is 6.67. The van der Waals surface area contributed by atoms with Crippen molar-refractivity contribution < 1.29 is 9.90 Å². The summed E-state index contributed by atoms with van der Waals surface area (Å²) in [7, 11) is 0. The minimum absolute atomic E-state index is 0.0913. The second-order valence-electron chi connectivity index (χ2n) is 7.11. The van der Waals surface area contributed by atoms with Gasteiger partial charge in [-0.3, -0.25) is 4.79 Å². The average molecular weight is 330 g/mol. The van der Waals surface area contributed by atoms with Gasteiger partial charge in [-0.25, -0.2) is 4.98 Å². The van der Waals surface area contributed by atoms with Crippen molar-refractivity contribution in [2.75, 3.05) is 13.1 Å². The number of likely N-dealkylation sites (tertiary alicyclic amines) is 1. The molecule has 1 N–H and O–H groups in total. The van der Waals surface area contributed by atoms with E-state index in [1.54, 1.807) is 11.8 Å². The number of aromatic nitrogens is 1. The van der Waals surface area contributed by atoms with Crippen molar-refractivity contribution in [1.82, 2.24) is 9.88 Å². The fraction of sp³-hybridized carbons (Fsp3) is 0.444. The highest BCUT2D eigenvalue weighted by Gasteiger charge is 2.49. The zero-order chi connectivity index (χ0) is 16.7. The summed E-state index contributed by atoms with van der Waals surface area (Å²) in [5.41, 5.74) is 0.484. The first-order chi connectivity index (χ1) is 10.8. The van der Waals surface area contributed by atoms with Crippen LogP contribution in [0, 0.1) is 5.41 Å². The molecule has 1 aliphatic rings. The monoisotopic (exact) mass is 330 g/mol. The van der Waals surface area contributed by atoms with Gasteiger partial charge in [0.15, 0.2) is 0 Å². The van der Waals surface area contributed by atoms with Gasteiger partial charge < -0.3 is 10.0 Å². The molecule has 1 amide bonds. The number of hydrogen-bond donors (Lipinski definition) is 1. The van der Waals surface area contributed by atoms with Crippen molar-refractivity contribution in [2.24, 2.45) is 5.41 Å². The van der Waals surface area contributed by atoms with E-state index in [1.165, 1.54) is 16.9 Å². The Morgan fingerprint density at radius 1 is 1.26 bits per heavy atom. The number of β-amino-alcohol motifs (C(OH)–C–C–N with tert-alkyl or cyclic N) is 1. The lowest BCUT2D eigenvalue weighted by molar-refractivity contribution is -0.0108. The van der Waals surface area contributed by atoms with Crippen LogP contribution in [0.15, 0.2) is 35.7 Å². The molecule has 0 saturated carbocycles. The zero-order valence-electron chi connectivity index (χ0n) is 13.7. The molecule has 1 unspecified atom stereocenters. The van der Waals surface area contributed by atoms with Gasteiger partial charge in [-0.1, -0.05) is 44.2 Å². The molecule has 1 aromatic heterocycles. The second kappa shape index (κ2) is 5.73. The van der Waals surface area contributed by atoms with Crippen LogP contribution in [0.1, 0.15) is 41.8 Å². The summed E-state index contributed by atoms with van der Waals surface area (Å²) in [4.78, 5) is 18.8. The Morgan fingerprint density at radius 3 is 2.57 bits per heavy atom. The van der Waals surface area contributed by atoms with Gasteiger partial charge in [-0.05, 0) is 12.5 Å². The molecular formula is C18H22N2O2S. The van der Waals surface area contributed by atoms with Gasteiger partial charge in [-0.2, -0.15) is 0 Å². The smallest absolute Gasteiger partial charge is 0.273 e. The molecule has 1 aromatic carbocycles. The zero-order valence-corrected chi connectivity index (χ0v) is 14.6. The Balaban J connectivity index is 1.72. The summed E-state index contributed by atoms with van der Waals surface area (Å²) in [5, 5.41) is 13.2. The molecule has 4 nitrogen and oxygen atoms in total. The van der Waals surface area contributed by atoms with Crippen molar-refractivity contribution >= 4 is 17.2 Å². The Bertz CT molecular complexity index is 691. The van der Waals surface area contributed by atoms with Crippen LogP contribution in [0.25, 0.3) is 0 Å². The third-order valence-corrected chi connectivity index (χ3v) is 5.65. The maximum atomic E-state index is 12.6. The SMILES string of the molecule is CC1(C)CN(C(=O)c2csc(Cc3ccccc3)n2)CC1(C)O. The van der Waals surface area contributed by atoms with E-state index in [9.17, 15) is 9.90 Å². The third kappa shape index (κ3) is 3.16. The maximum Gasteiger partial charge on any atom is 0.273 e. The van der Waals surface area contributed by atoms with Crippen LogP contribution >= 0.6 is 11.3 Å². The lowest BCUT2D eigenvalue weighted by Crippen LogP contribution is -2.40. The van der Waals surface area contributed by atoms with E-state index in [0.717, 1.165) is 11.4 Å². The first kappa shape index (κ1) is 16.1. The first-order valence-corrected chi connectivity index (χ1v) is 8.66. The Kier molecular flexibility index (Phi) is 4.02. The van der Waals surface area contributed by atoms with E-state index >= 15 is 0 Å². The molecule has 1 fully saturated rings. The summed E-state index contributed by atoms with van der Waals surface area (Å²) < 4.78 is 0. The number of amides is 1. The van der Waals surface area contributed by atoms with Crippen molar-refractivity contribution in [3.8, 4) is 0 Å². The Hall–Kier alpha value is -1.72.